The van der Waals surface area contributed by atoms with Gasteiger partial charge in [-0.25, -0.2) is 4.98 Å². The Morgan fingerprint density at radius 1 is 0.967 bits per heavy atom. The van der Waals surface area contributed by atoms with Crippen LogP contribution >= 0.6 is 0 Å². The fourth-order valence-electron chi connectivity index (χ4n) is 8.85. The lowest BCUT2D eigenvalue weighted by molar-refractivity contribution is -0.137. The van der Waals surface area contributed by atoms with Gasteiger partial charge in [-0.3, -0.25) is 39.3 Å². The van der Waals surface area contributed by atoms with Gasteiger partial charge in [-0.2, -0.15) is 0 Å². The number of fused-ring (bicyclic) bond motifs is 3. The number of likely N-dealkylation sites (N-methyl/N-ethyl adjacent to an activating group) is 1. The molecule has 3 aromatic heterocycles. The molecule has 2 fully saturated rings. The number of benzene rings is 2. The summed E-state index contributed by atoms with van der Waals surface area (Å²) in [6.45, 7) is 4.40. The number of imide groups is 1. The van der Waals surface area contributed by atoms with Gasteiger partial charge in [0.25, 0.3) is 11.8 Å². The fraction of sp³-hybridized carbons (Fsp3) is 0.348. The summed E-state index contributed by atoms with van der Waals surface area (Å²) >= 11 is 0. The molecule has 2 atom stereocenters. The molecule has 5 aromatic rings. The molecule has 0 spiro atoms. The van der Waals surface area contributed by atoms with Crippen LogP contribution in [0.15, 0.2) is 67.0 Å². The third kappa shape index (κ3) is 6.98. The van der Waals surface area contributed by atoms with Crippen molar-refractivity contribution in [1.82, 2.24) is 39.5 Å². The minimum absolute atomic E-state index is 0.0807. The first-order chi connectivity index (χ1) is 29.1. The van der Waals surface area contributed by atoms with Crippen LogP contribution in [-0.2, 0) is 32.2 Å². The van der Waals surface area contributed by atoms with E-state index in [1.807, 2.05) is 50.5 Å². The average Bonchev–Trinajstić information content (AvgIpc) is 3.81. The van der Waals surface area contributed by atoms with Gasteiger partial charge in [0.05, 0.1) is 23.6 Å². The number of nitrogens with one attached hydrogen (secondary N) is 1. The highest BCUT2D eigenvalue weighted by atomic mass is 16.5. The lowest BCUT2D eigenvalue weighted by Gasteiger charge is -2.32. The Balaban J connectivity index is 0.878. The number of ether oxygens (including phenoxy) is 1. The van der Waals surface area contributed by atoms with Crippen LogP contribution in [0.1, 0.15) is 94.5 Å². The van der Waals surface area contributed by atoms with E-state index in [0.29, 0.717) is 56.0 Å². The van der Waals surface area contributed by atoms with E-state index in [1.165, 1.54) is 4.90 Å². The molecule has 2 aromatic carbocycles. The number of hydrogen-bond donors (Lipinski definition) is 1. The smallest absolute Gasteiger partial charge is 0.272 e. The molecule has 5 amide bonds. The Bertz CT molecular complexity index is 2650. The maximum atomic E-state index is 13.4. The molecule has 0 saturated carbocycles. The van der Waals surface area contributed by atoms with E-state index in [2.05, 4.69) is 32.8 Å². The molecule has 7 heterocycles. The molecule has 0 aliphatic carbocycles. The number of carbonyl (C=O) groups excluding carboxylic acids is 5. The van der Waals surface area contributed by atoms with Crippen molar-refractivity contribution in [2.75, 3.05) is 33.9 Å². The molecule has 14 nitrogen and oxygen atoms in total. The third-order valence-corrected chi connectivity index (χ3v) is 12.2. The Kier molecular flexibility index (Phi) is 10.2. The number of carbonyl (C=O) groups is 5. The number of pyridine rings is 2. The SMILES string of the molecule is C[C@@H]1C(=O)N(C)Cc2c(-c3cccc4cc(-c5ccc(C(=O)N(C)CCC#Cc6cccc7c6CN(C6CCC(=O)NC6=O)C7=O)nc5)ncc34)nc(C3CCOCC3)n21. The molecule has 9 rings (SSSR count). The van der Waals surface area contributed by atoms with Gasteiger partial charge in [0, 0.05) is 99.2 Å². The number of hydrogen-bond acceptors (Lipinski definition) is 9. The van der Waals surface area contributed by atoms with Gasteiger partial charge in [0.2, 0.25) is 17.7 Å². The van der Waals surface area contributed by atoms with Crippen molar-refractivity contribution in [3.8, 4) is 34.4 Å². The maximum Gasteiger partial charge on any atom is 0.272 e. The van der Waals surface area contributed by atoms with Crippen molar-refractivity contribution in [3.05, 3.63) is 101 Å². The molecule has 0 bridgehead atoms. The minimum Gasteiger partial charge on any atom is -0.381 e. The molecule has 60 heavy (non-hydrogen) atoms. The van der Waals surface area contributed by atoms with Crippen LogP contribution in [0.2, 0.25) is 0 Å². The molecule has 4 aliphatic rings. The number of imidazole rings is 1. The summed E-state index contributed by atoms with van der Waals surface area (Å²) in [5.74, 6) is 6.28. The fourth-order valence-corrected chi connectivity index (χ4v) is 8.85. The molecular weight excluding hydrogens is 761 g/mol. The highest BCUT2D eigenvalue weighted by Gasteiger charge is 2.40. The van der Waals surface area contributed by atoms with Crippen molar-refractivity contribution in [1.29, 1.82) is 0 Å². The highest BCUT2D eigenvalue weighted by Crippen LogP contribution is 2.40. The standard InChI is InChI=1S/C46H44N8O6/c1-27-44(57)52(3)26-39-41(50-42(54(27)39)29-17-20-60-21-18-29)32-11-7-10-30-22-37(48-24-34(30)32)31-13-14-36(47-23-31)46(59)51(2)19-5-4-8-28-9-6-12-33-35(28)25-53(45(33)58)38-15-16-40(55)49-43(38)56/h6-7,9-14,22-24,27,29,38H,5,15-21,25-26H2,1-3H3,(H,49,55,56)/t27-,38?/m1/s1. The van der Waals surface area contributed by atoms with Crippen LogP contribution in [0.5, 0.6) is 0 Å². The summed E-state index contributed by atoms with van der Waals surface area (Å²) in [5, 5.41) is 4.27. The predicted molar refractivity (Wildman–Crippen MR) is 221 cm³/mol. The van der Waals surface area contributed by atoms with Crippen LogP contribution in [0, 0.1) is 11.8 Å². The topological polar surface area (TPSA) is 160 Å². The van der Waals surface area contributed by atoms with Crippen LogP contribution in [0.3, 0.4) is 0 Å². The molecular formula is C46H44N8O6. The van der Waals surface area contributed by atoms with E-state index in [1.54, 1.807) is 41.2 Å². The Hall–Kier alpha value is -6.72. The van der Waals surface area contributed by atoms with Crippen LogP contribution in [0.25, 0.3) is 33.3 Å². The predicted octanol–water partition coefficient (Wildman–Crippen LogP) is 4.86. The highest BCUT2D eigenvalue weighted by molar-refractivity contribution is 6.05. The zero-order valence-electron chi connectivity index (χ0n) is 33.7. The summed E-state index contributed by atoms with van der Waals surface area (Å²) < 4.78 is 7.81. The minimum atomic E-state index is -0.694. The van der Waals surface area contributed by atoms with Crippen molar-refractivity contribution >= 4 is 40.3 Å². The first-order valence-electron chi connectivity index (χ1n) is 20.4. The normalized spacial score (nSPS) is 19.2. The zero-order chi connectivity index (χ0) is 41.7. The quantitative estimate of drug-likeness (QED) is 0.179. The van der Waals surface area contributed by atoms with Crippen molar-refractivity contribution < 1.29 is 28.7 Å². The number of nitrogens with zero attached hydrogens (tertiary/aromatic N) is 7. The van der Waals surface area contributed by atoms with Crippen LogP contribution in [0.4, 0.5) is 0 Å². The Morgan fingerprint density at radius 2 is 1.77 bits per heavy atom. The summed E-state index contributed by atoms with van der Waals surface area (Å²) in [5.41, 5.74) is 6.62. The van der Waals surface area contributed by atoms with E-state index >= 15 is 0 Å². The summed E-state index contributed by atoms with van der Waals surface area (Å²) in [6, 6.07) is 16.0. The molecule has 0 radical (unpaired) electrons. The average molecular weight is 805 g/mol. The van der Waals surface area contributed by atoms with Gasteiger partial charge in [-0.15, -0.1) is 0 Å². The molecule has 1 N–H and O–H groups in total. The van der Waals surface area contributed by atoms with Gasteiger partial charge in [0.15, 0.2) is 0 Å². The molecule has 4 aliphatic heterocycles. The number of amides is 5. The van der Waals surface area contributed by atoms with Crippen molar-refractivity contribution in [3.63, 3.8) is 0 Å². The first kappa shape index (κ1) is 38.8. The van der Waals surface area contributed by atoms with E-state index in [-0.39, 0.29) is 48.6 Å². The molecule has 1 unspecified atom stereocenters. The lowest BCUT2D eigenvalue weighted by atomic mass is 9.98. The molecule has 14 heteroatoms. The second-order valence-corrected chi connectivity index (χ2v) is 15.9. The molecule has 304 valence electrons. The van der Waals surface area contributed by atoms with E-state index in [9.17, 15) is 24.0 Å². The van der Waals surface area contributed by atoms with Gasteiger partial charge in [-0.1, -0.05) is 36.1 Å². The van der Waals surface area contributed by atoms with E-state index in [0.717, 1.165) is 63.2 Å². The van der Waals surface area contributed by atoms with Gasteiger partial charge < -0.3 is 24.0 Å². The third-order valence-electron chi connectivity index (χ3n) is 12.2. The molecule has 2 saturated heterocycles. The second kappa shape index (κ2) is 15.8. The Morgan fingerprint density at radius 3 is 2.55 bits per heavy atom. The van der Waals surface area contributed by atoms with Crippen molar-refractivity contribution in [2.24, 2.45) is 0 Å². The summed E-state index contributed by atoms with van der Waals surface area (Å²) in [7, 11) is 3.55. The second-order valence-electron chi connectivity index (χ2n) is 15.9. The van der Waals surface area contributed by atoms with E-state index in [4.69, 9.17) is 14.7 Å². The first-order valence-corrected chi connectivity index (χ1v) is 20.4. The number of piperidine rings is 1. The maximum absolute atomic E-state index is 13.4. The lowest BCUT2D eigenvalue weighted by Crippen LogP contribution is -2.52. The van der Waals surface area contributed by atoms with Gasteiger partial charge >= 0.3 is 0 Å². The zero-order valence-corrected chi connectivity index (χ0v) is 33.7. The van der Waals surface area contributed by atoms with Crippen LogP contribution < -0.4 is 5.32 Å². The van der Waals surface area contributed by atoms with Gasteiger partial charge in [0.1, 0.15) is 23.6 Å². The number of rotatable bonds is 7. The summed E-state index contributed by atoms with van der Waals surface area (Å²) in [6.07, 6.45) is 6.14. The largest absolute Gasteiger partial charge is 0.381 e. The number of aromatic nitrogens is 4. The van der Waals surface area contributed by atoms with Gasteiger partial charge in [-0.05, 0) is 67.5 Å². The van der Waals surface area contributed by atoms with E-state index < -0.39 is 11.9 Å². The monoisotopic (exact) mass is 804 g/mol. The van der Waals surface area contributed by atoms with Crippen LogP contribution in [-0.4, -0.2) is 104 Å². The van der Waals surface area contributed by atoms with Crippen molar-refractivity contribution in [2.45, 2.75) is 70.1 Å². The Labute approximate surface area is 346 Å². The summed E-state index contributed by atoms with van der Waals surface area (Å²) in [4.78, 5) is 83.2.